The zero-order valence-electron chi connectivity index (χ0n) is 16.3. The fourth-order valence-electron chi connectivity index (χ4n) is 3.50. The summed E-state index contributed by atoms with van der Waals surface area (Å²) in [6.07, 6.45) is -0.945. The smallest absolute Gasteiger partial charge is 0.409 e. The van der Waals surface area contributed by atoms with Crippen LogP contribution in [0.1, 0.15) is 38.2 Å². The molecule has 0 unspecified atom stereocenters. The zero-order valence-corrected chi connectivity index (χ0v) is 16.3. The minimum atomic E-state index is -4.67. The molecule has 0 atom stereocenters. The van der Waals surface area contributed by atoms with Gasteiger partial charge in [-0.3, -0.25) is 4.79 Å². The lowest BCUT2D eigenvalue weighted by Crippen LogP contribution is -2.24. The van der Waals surface area contributed by atoms with Crippen molar-refractivity contribution >= 4 is 12.0 Å². The van der Waals surface area contributed by atoms with E-state index < -0.39 is 23.4 Å². The maximum Gasteiger partial charge on any atom is 0.409 e. The molecule has 0 aromatic heterocycles. The minimum Gasteiger partial charge on any atom is -0.426 e. The molecule has 30 heavy (non-hydrogen) atoms. The van der Waals surface area contributed by atoms with E-state index in [0.29, 0.717) is 23.3 Å². The predicted octanol–water partition coefficient (Wildman–Crippen LogP) is 6.94. The fourth-order valence-corrected chi connectivity index (χ4v) is 3.50. The van der Waals surface area contributed by atoms with Gasteiger partial charge in [0.05, 0.1) is 5.92 Å². The zero-order chi connectivity index (χ0) is 21.9. The molecular weight excluding hydrogens is 403 g/mol. The molecule has 2 nitrogen and oxygen atoms in total. The van der Waals surface area contributed by atoms with Gasteiger partial charge in [-0.05, 0) is 73.1 Å². The molecule has 0 radical (unpaired) electrons. The first-order valence-corrected chi connectivity index (χ1v) is 9.69. The van der Waals surface area contributed by atoms with E-state index in [2.05, 4.69) is 6.92 Å². The molecule has 1 saturated carbocycles. The summed E-state index contributed by atoms with van der Waals surface area (Å²) in [5, 5.41) is 0. The molecule has 0 saturated heterocycles. The molecule has 0 spiro atoms. The van der Waals surface area contributed by atoms with Gasteiger partial charge in [-0.1, -0.05) is 19.1 Å². The molecule has 7 heteroatoms. The van der Waals surface area contributed by atoms with E-state index in [1.807, 2.05) is 0 Å². The molecule has 1 aliphatic rings. The first-order valence-electron chi connectivity index (χ1n) is 9.69. The Bertz CT molecular complexity index is 901. The molecule has 0 N–H and O–H groups in total. The van der Waals surface area contributed by atoms with Crippen LogP contribution in [0.2, 0.25) is 0 Å². The van der Waals surface area contributed by atoms with Crippen molar-refractivity contribution in [2.75, 3.05) is 0 Å². The van der Waals surface area contributed by atoms with Crippen LogP contribution in [0.4, 0.5) is 22.0 Å². The van der Waals surface area contributed by atoms with Crippen molar-refractivity contribution in [1.82, 2.24) is 0 Å². The van der Waals surface area contributed by atoms with E-state index in [4.69, 9.17) is 4.74 Å². The molecular formula is C23H21F5O2. The van der Waals surface area contributed by atoms with Crippen LogP contribution < -0.4 is 4.74 Å². The number of esters is 1. The van der Waals surface area contributed by atoms with Gasteiger partial charge < -0.3 is 4.74 Å². The minimum absolute atomic E-state index is 0.124. The average molecular weight is 424 g/mol. The Balaban J connectivity index is 1.71. The van der Waals surface area contributed by atoms with Crippen LogP contribution in [0.25, 0.3) is 17.2 Å². The predicted molar refractivity (Wildman–Crippen MR) is 104 cm³/mol. The van der Waals surface area contributed by atoms with E-state index in [1.165, 1.54) is 24.3 Å². The monoisotopic (exact) mass is 424 g/mol. The summed E-state index contributed by atoms with van der Waals surface area (Å²) in [7, 11) is 0. The summed E-state index contributed by atoms with van der Waals surface area (Å²) in [5.41, 5.74) is -0.165. The Morgan fingerprint density at radius 1 is 0.967 bits per heavy atom. The Morgan fingerprint density at radius 3 is 2.07 bits per heavy atom. The molecule has 0 heterocycles. The Morgan fingerprint density at radius 2 is 1.53 bits per heavy atom. The molecule has 0 aliphatic heterocycles. The highest BCUT2D eigenvalue weighted by Gasteiger charge is 2.26. The van der Waals surface area contributed by atoms with Crippen molar-refractivity contribution in [2.24, 2.45) is 11.8 Å². The third-order valence-corrected chi connectivity index (χ3v) is 5.27. The van der Waals surface area contributed by atoms with Crippen LogP contribution in [0.5, 0.6) is 5.75 Å². The van der Waals surface area contributed by atoms with Gasteiger partial charge in [0.15, 0.2) is 0 Å². The van der Waals surface area contributed by atoms with E-state index in [9.17, 15) is 26.7 Å². The number of allylic oxidation sites excluding steroid dienone is 1. The van der Waals surface area contributed by atoms with Crippen LogP contribution >= 0.6 is 0 Å². The molecule has 2 aromatic carbocycles. The number of halogens is 5. The normalized spacial score (nSPS) is 19.8. The van der Waals surface area contributed by atoms with Crippen molar-refractivity contribution < 1.29 is 31.5 Å². The molecule has 3 rings (SSSR count). The van der Waals surface area contributed by atoms with Crippen LogP contribution in [0.3, 0.4) is 0 Å². The van der Waals surface area contributed by atoms with Gasteiger partial charge >= 0.3 is 12.1 Å². The SMILES string of the molecule is CC1CCC(C(=O)Oc2ccc(-c3cc(F)c(/C=C/C(F)(F)F)c(F)c3)cc2)CC1. The second-order valence-corrected chi connectivity index (χ2v) is 7.63. The Hall–Kier alpha value is -2.70. The van der Waals surface area contributed by atoms with E-state index >= 15 is 0 Å². The van der Waals surface area contributed by atoms with Gasteiger partial charge in [-0.2, -0.15) is 13.2 Å². The highest BCUT2D eigenvalue weighted by Crippen LogP contribution is 2.31. The second-order valence-electron chi connectivity index (χ2n) is 7.63. The third kappa shape index (κ3) is 5.68. The lowest BCUT2D eigenvalue weighted by atomic mass is 9.83. The van der Waals surface area contributed by atoms with Gasteiger partial charge in [-0.25, -0.2) is 8.78 Å². The van der Waals surface area contributed by atoms with Gasteiger partial charge in [0.25, 0.3) is 0 Å². The van der Waals surface area contributed by atoms with Gasteiger partial charge in [-0.15, -0.1) is 0 Å². The van der Waals surface area contributed by atoms with E-state index in [1.54, 1.807) is 0 Å². The third-order valence-electron chi connectivity index (χ3n) is 5.27. The summed E-state index contributed by atoms with van der Waals surface area (Å²) in [5.74, 6) is -1.67. The summed E-state index contributed by atoms with van der Waals surface area (Å²) >= 11 is 0. The van der Waals surface area contributed by atoms with Crippen LogP contribution in [-0.2, 0) is 4.79 Å². The summed E-state index contributed by atoms with van der Waals surface area (Å²) < 4.78 is 70.4. The van der Waals surface area contributed by atoms with Crippen LogP contribution in [0, 0.1) is 23.5 Å². The number of rotatable bonds is 4. The number of ether oxygens (including phenoxy) is 1. The first-order chi connectivity index (χ1) is 14.1. The molecule has 1 fully saturated rings. The van der Waals surface area contributed by atoms with Crippen molar-refractivity contribution in [2.45, 2.75) is 38.8 Å². The lowest BCUT2D eigenvalue weighted by Gasteiger charge is -2.24. The van der Waals surface area contributed by atoms with Crippen molar-refractivity contribution in [3.63, 3.8) is 0 Å². The van der Waals surface area contributed by atoms with Crippen molar-refractivity contribution in [3.05, 3.63) is 59.7 Å². The molecule has 160 valence electrons. The van der Waals surface area contributed by atoms with E-state index in [0.717, 1.165) is 37.8 Å². The van der Waals surface area contributed by atoms with Gasteiger partial charge in [0.1, 0.15) is 17.4 Å². The quantitative estimate of drug-likeness (QED) is 0.302. The summed E-state index contributed by atoms with van der Waals surface area (Å²) in [6.45, 7) is 2.16. The van der Waals surface area contributed by atoms with Gasteiger partial charge in [0, 0.05) is 11.6 Å². The number of hydrogen-bond donors (Lipinski definition) is 0. The summed E-state index contributed by atoms with van der Waals surface area (Å²) in [6, 6.07) is 8.03. The van der Waals surface area contributed by atoms with E-state index in [-0.39, 0.29) is 23.5 Å². The maximum absolute atomic E-state index is 14.1. The maximum atomic E-state index is 14.1. The summed E-state index contributed by atoms with van der Waals surface area (Å²) in [4.78, 5) is 12.3. The number of hydrogen-bond acceptors (Lipinski definition) is 2. The molecule has 0 bridgehead atoms. The Labute approximate surface area is 171 Å². The average Bonchev–Trinajstić information content (AvgIpc) is 2.67. The van der Waals surface area contributed by atoms with Crippen LogP contribution in [-0.4, -0.2) is 12.1 Å². The van der Waals surface area contributed by atoms with Crippen molar-refractivity contribution in [1.29, 1.82) is 0 Å². The highest BCUT2D eigenvalue weighted by atomic mass is 19.4. The lowest BCUT2D eigenvalue weighted by molar-refractivity contribution is -0.140. The molecule has 2 aromatic rings. The first kappa shape index (κ1) is 22.0. The number of carbonyl (C=O) groups excluding carboxylic acids is 1. The standard InChI is InChI=1S/C23H21F5O2/c1-14-2-4-16(5-3-14)22(29)30-18-8-6-15(7-9-18)17-12-20(24)19(21(25)13-17)10-11-23(26,27)28/h6-14,16H,2-5H2,1H3/b11-10+. The largest absolute Gasteiger partial charge is 0.426 e. The second kappa shape index (κ2) is 8.98. The highest BCUT2D eigenvalue weighted by molar-refractivity contribution is 5.75. The fraction of sp³-hybridized carbons (Fsp3) is 0.348. The number of carbonyl (C=O) groups is 1. The molecule has 1 aliphatic carbocycles. The van der Waals surface area contributed by atoms with Crippen LogP contribution in [0.15, 0.2) is 42.5 Å². The molecule has 0 amide bonds. The number of alkyl halides is 3. The number of benzene rings is 2. The Kier molecular flexibility index (Phi) is 6.58. The topological polar surface area (TPSA) is 26.3 Å². The van der Waals surface area contributed by atoms with Gasteiger partial charge in [0.2, 0.25) is 0 Å². The van der Waals surface area contributed by atoms with Crippen molar-refractivity contribution in [3.8, 4) is 16.9 Å².